The summed E-state index contributed by atoms with van der Waals surface area (Å²) in [7, 11) is 3.17. The lowest BCUT2D eigenvalue weighted by Gasteiger charge is -2.08. The van der Waals surface area contributed by atoms with Gasteiger partial charge in [0.1, 0.15) is 21.7 Å². The average Bonchev–Trinajstić information content (AvgIpc) is 2.90. The van der Waals surface area contributed by atoms with Gasteiger partial charge in [-0.25, -0.2) is 4.79 Å². The van der Waals surface area contributed by atoms with Crippen molar-refractivity contribution in [1.82, 2.24) is 0 Å². The molecule has 0 aliphatic carbocycles. The summed E-state index contributed by atoms with van der Waals surface area (Å²) in [4.78, 5) is 12.0. The van der Waals surface area contributed by atoms with Crippen molar-refractivity contribution < 1.29 is 19.0 Å². The van der Waals surface area contributed by atoms with Crippen LogP contribution in [0.2, 0.25) is 5.02 Å². The van der Waals surface area contributed by atoms with E-state index in [1.807, 2.05) is 24.3 Å². The van der Waals surface area contributed by atoms with Gasteiger partial charge in [0.25, 0.3) is 0 Å². The molecule has 128 valence electrons. The van der Waals surface area contributed by atoms with Gasteiger partial charge in [-0.05, 0) is 63.5 Å². The van der Waals surface area contributed by atoms with E-state index in [0.29, 0.717) is 26.6 Å². The van der Waals surface area contributed by atoms with E-state index in [-0.39, 0.29) is 0 Å². The molecule has 0 atom stereocenters. The third kappa shape index (κ3) is 3.57. The highest BCUT2D eigenvalue weighted by Crippen LogP contribution is 2.39. The monoisotopic (exact) mass is 420 g/mol. The summed E-state index contributed by atoms with van der Waals surface area (Å²) in [6.45, 7) is 0. The van der Waals surface area contributed by atoms with Crippen LogP contribution in [0.5, 0.6) is 11.5 Å². The molecule has 0 aromatic heterocycles. The number of hydrogen-bond donors (Lipinski definition) is 0. The molecular weight excluding hydrogens is 408 g/mol. The molecule has 0 fully saturated rings. The topological polar surface area (TPSA) is 44.8 Å². The van der Waals surface area contributed by atoms with Crippen LogP contribution >= 0.6 is 27.5 Å². The van der Waals surface area contributed by atoms with Crippen LogP contribution in [0.1, 0.15) is 11.1 Å². The van der Waals surface area contributed by atoms with E-state index in [9.17, 15) is 4.79 Å². The van der Waals surface area contributed by atoms with Gasteiger partial charge >= 0.3 is 5.97 Å². The van der Waals surface area contributed by atoms with Gasteiger partial charge in [-0.15, -0.1) is 0 Å². The van der Waals surface area contributed by atoms with Crippen molar-refractivity contribution in [2.45, 2.75) is 0 Å². The van der Waals surface area contributed by atoms with Crippen molar-refractivity contribution >= 4 is 45.1 Å². The Morgan fingerprint density at radius 2 is 1.68 bits per heavy atom. The van der Waals surface area contributed by atoms with E-state index in [2.05, 4.69) is 15.9 Å². The summed E-state index contributed by atoms with van der Waals surface area (Å²) in [5.41, 5.74) is 2.22. The predicted molar refractivity (Wildman–Crippen MR) is 101 cm³/mol. The maximum absolute atomic E-state index is 12.0. The highest BCUT2D eigenvalue weighted by molar-refractivity contribution is 9.12. The first kappa shape index (κ1) is 17.6. The van der Waals surface area contributed by atoms with Crippen molar-refractivity contribution in [3.8, 4) is 11.5 Å². The number of methoxy groups -OCH3 is 2. The van der Waals surface area contributed by atoms with Crippen LogP contribution in [0, 0.1) is 0 Å². The molecule has 0 unspecified atom stereocenters. The van der Waals surface area contributed by atoms with E-state index in [0.717, 1.165) is 16.9 Å². The number of carbonyl (C=O) groups is 1. The summed E-state index contributed by atoms with van der Waals surface area (Å²) in [5.74, 6) is 1.37. The fourth-order valence-corrected chi connectivity index (χ4v) is 3.16. The third-order valence-corrected chi connectivity index (χ3v) is 4.77. The lowest BCUT2D eigenvalue weighted by atomic mass is 10.0. The molecule has 0 saturated heterocycles. The fraction of sp³-hybridized carbons (Fsp3) is 0.105. The van der Waals surface area contributed by atoms with Gasteiger partial charge in [-0.2, -0.15) is 0 Å². The number of rotatable bonds is 4. The van der Waals surface area contributed by atoms with E-state index < -0.39 is 5.97 Å². The summed E-state index contributed by atoms with van der Waals surface area (Å²) >= 11 is 9.60. The minimum absolute atomic E-state index is 0.369. The van der Waals surface area contributed by atoms with Gasteiger partial charge < -0.3 is 14.2 Å². The Balaban J connectivity index is 2.04. The Hall–Kier alpha value is -2.24. The normalized spacial score (nSPS) is 15.5. The molecule has 0 saturated carbocycles. The zero-order valence-corrected chi connectivity index (χ0v) is 15.8. The van der Waals surface area contributed by atoms with Crippen LogP contribution in [0.25, 0.3) is 11.6 Å². The molecule has 0 spiro atoms. The zero-order chi connectivity index (χ0) is 18.0. The van der Waals surface area contributed by atoms with Crippen molar-refractivity contribution in [1.29, 1.82) is 0 Å². The van der Waals surface area contributed by atoms with Gasteiger partial charge in [0, 0.05) is 5.57 Å². The van der Waals surface area contributed by atoms with E-state index >= 15 is 0 Å². The molecule has 1 heterocycles. The van der Waals surface area contributed by atoms with E-state index in [1.54, 1.807) is 38.5 Å². The molecule has 25 heavy (non-hydrogen) atoms. The predicted octanol–water partition coefficient (Wildman–Crippen LogP) is 5.06. The summed E-state index contributed by atoms with van der Waals surface area (Å²) in [6.07, 6.45) is 1.73. The van der Waals surface area contributed by atoms with E-state index in [4.69, 9.17) is 25.8 Å². The Morgan fingerprint density at radius 1 is 1.04 bits per heavy atom. The largest absolute Gasteiger partial charge is 0.497 e. The van der Waals surface area contributed by atoms with Crippen LogP contribution in [0.4, 0.5) is 0 Å². The molecule has 1 aliphatic heterocycles. The maximum atomic E-state index is 12.0. The van der Waals surface area contributed by atoms with Gasteiger partial charge in [0.05, 0.1) is 19.2 Å². The van der Waals surface area contributed by atoms with Crippen molar-refractivity contribution in [2.24, 2.45) is 0 Å². The number of hydrogen-bond acceptors (Lipinski definition) is 4. The second-order valence-corrected chi connectivity index (χ2v) is 6.40. The Morgan fingerprint density at radius 3 is 2.28 bits per heavy atom. The molecule has 2 aromatic carbocycles. The minimum atomic E-state index is -0.443. The molecule has 0 bridgehead atoms. The number of esters is 1. The van der Waals surface area contributed by atoms with Crippen molar-refractivity contribution in [3.63, 3.8) is 0 Å². The number of halogens is 2. The van der Waals surface area contributed by atoms with Crippen molar-refractivity contribution in [2.75, 3.05) is 14.2 Å². The molecular formula is C19H14BrClO4. The number of cyclic esters (lactones) is 1. The van der Waals surface area contributed by atoms with Crippen LogP contribution in [-0.2, 0) is 9.53 Å². The first-order valence-corrected chi connectivity index (χ1v) is 8.52. The number of carbonyl (C=O) groups excluding carboxylic acids is 1. The molecule has 1 aliphatic rings. The second-order valence-electron chi connectivity index (χ2n) is 5.20. The van der Waals surface area contributed by atoms with Crippen LogP contribution in [0.15, 0.2) is 52.7 Å². The molecule has 0 amide bonds. The first-order chi connectivity index (χ1) is 12.0. The lowest BCUT2D eigenvalue weighted by Crippen LogP contribution is -1.93. The summed E-state index contributed by atoms with van der Waals surface area (Å²) < 4.78 is 16.1. The highest BCUT2D eigenvalue weighted by Gasteiger charge is 2.29. The Kier molecular flexibility index (Phi) is 5.16. The molecule has 4 nitrogen and oxygen atoms in total. The molecule has 0 radical (unpaired) electrons. The summed E-state index contributed by atoms with van der Waals surface area (Å²) in [5, 5.41) is 0.500. The molecule has 0 N–H and O–H groups in total. The third-order valence-electron chi connectivity index (χ3n) is 3.72. The smallest absolute Gasteiger partial charge is 0.351 e. The van der Waals surface area contributed by atoms with E-state index in [1.165, 1.54) is 0 Å². The fourth-order valence-electron chi connectivity index (χ4n) is 2.43. The molecule has 6 heteroatoms. The number of allylic oxidation sites excluding steroid dienone is 1. The first-order valence-electron chi connectivity index (χ1n) is 7.35. The second kappa shape index (κ2) is 7.33. The standard InChI is InChI=1S/C19H14BrClO4/c1-23-13-6-3-11(4-7-13)17-16(25-19(22)18(17)20)9-12-5-8-14(24-2)10-15(12)21/h3-10H,1-2H3/b16-9-. The number of benzene rings is 2. The van der Waals surface area contributed by atoms with Crippen molar-refractivity contribution in [3.05, 3.63) is 68.9 Å². The van der Waals surface area contributed by atoms with Gasteiger partial charge in [-0.1, -0.05) is 23.7 Å². The molecule has 2 aromatic rings. The molecule has 3 rings (SSSR count). The minimum Gasteiger partial charge on any atom is -0.497 e. The Labute approximate surface area is 158 Å². The van der Waals surface area contributed by atoms with Crippen LogP contribution in [-0.4, -0.2) is 20.2 Å². The average molecular weight is 422 g/mol. The van der Waals surface area contributed by atoms with Gasteiger partial charge in [0.2, 0.25) is 0 Å². The van der Waals surface area contributed by atoms with Gasteiger partial charge in [-0.3, -0.25) is 0 Å². The van der Waals surface area contributed by atoms with Crippen LogP contribution in [0.3, 0.4) is 0 Å². The van der Waals surface area contributed by atoms with Gasteiger partial charge in [0.15, 0.2) is 0 Å². The maximum Gasteiger partial charge on any atom is 0.351 e. The Bertz CT molecular complexity index is 885. The SMILES string of the molecule is COc1ccc(C2=C(Br)C(=O)O/C2=C\c2ccc(OC)cc2Cl)cc1. The summed E-state index contributed by atoms with van der Waals surface area (Å²) in [6, 6.07) is 12.7. The van der Waals surface area contributed by atoms with Crippen LogP contribution < -0.4 is 9.47 Å². The number of ether oxygens (including phenoxy) is 3. The quantitative estimate of drug-likeness (QED) is 0.647. The highest BCUT2D eigenvalue weighted by atomic mass is 79.9. The lowest BCUT2D eigenvalue weighted by molar-refractivity contribution is -0.132. The zero-order valence-electron chi connectivity index (χ0n) is 13.5.